The minimum Gasteiger partial charge on any atom is -0.383 e. The molecule has 126 valence electrons. The number of rotatable bonds is 7. The number of benzene rings is 2. The Bertz CT molecular complexity index is 611. The highest BCUT2D eigenvalue weighted by atomic mass is 127. The number of halogens is 1. The molecule has 0 bridgehead atoms. The maximum Gasteiger partial charge on any atom is 0.191 e. The lowest BCUT2D eigenvalue weighted by Gasteiger charge is -2.12. The number of hydrogen-bond acceptors (Lipinski definition) is 2. The van der Waals surface area contributed by atoms with Crippen molar-refractivity contribution < 1.29 is 4.74 Å². The molecule has 0 amide bonds. The number of ether oxygens (including phenoxy) is 1. The Kier molecular flexibility index (Phi) is 9.63. The first-order valence-electron chi connectivity index (χ1n) is 7.83. The molecule has 0 aliphatic carbocycles. The van der Waals surface area contributed by atoms with E-state index in [2.05, 4.69) is 65.0 Å². The van der Waals surface area contributed by atoms with Gasteiger partial charge in [-0.25, -0.2) is 0 Å². The number of fused-ring (bicyclic) bond motifs is 1. The fourth-order valence-corrected chi connectivity index (χ4v) is 2.42. The van der Waals surface area contributed by atoms with E-state index < -0.39 is 0 Å². The molecule has 0 radical (unpaired) electrons. The van der Waals surface area contributed by atoms with Gasteiger partial charge >= 0.3 is 0 Å². The van der Waals surface area contributed by atoms with Crippen molar-refractivity contribution in [2.45, 2.75) is 13.3 Å². The summed E-state index contributed by atoms with van der Waals surface area (Å²) in [6, 6.07) is 15.0. The van der Waals surface area contributed by atoms with E-state index in [0.717, 1.165) is 25.5 Å². The van der Waals surface area contributed by atoms with Crippen LogP contribution in [0.4, 0.5) is 0 Å². The van der Waals surface area contributed by atoms with Gasteiger partial charge in [0, 0.05) is 20.2 Å². The predicted molar refractivity (Wildman–Crippen MR) is 109 cm³/mol. The van der Waals surface area contributed by atoms with Crippen molar-refractivity contribution in [2.24, 2.45) is 4.99 Å². The number of hydrogen-bond donors (Lipinski definition) is 2. The molecule has 0 saturated carbocycles. The van der Waals surface area contributed by atoms with Crippen molar-refractivity contribution >= 4 is 40.7 Å². The Morgan fingerprint density at radius 2 is 1.87 bits per heavy atom. The van der Waals surface area contributed by atoms with Crippen molar-refractivity contribution in [3.05, 3.63) is 48.0 Å². The number of guanidine groups is 1. The number of methoxy groups -OCH3 is 1. The van der Waals surface area contributed by atoms with Gasteiger partial charge in [-0.2, -0.15) is 0 Å². The molecule has 0 atom stereocenters. The van der Waals surface area contributed by atoms with Gasteiger partial charge in [-0.1, -0.05) is 42.5 Å². The predicted octanol–water partition coefficient (Wildman–Crippen LogP) is 3.20. The Morgan fingerprint density at radius 1 is 1.09 bits per heavy atom. The zero-order valence-electron chi connectivity index (χ0n) is 13.8. The monoisotopic (exact) mass is 427 g/mol. The Morgan fingerprint density at radius 3 is 2.65 bits per heavy atom. The zero-order valence-corrected chi connectivity index (χ0v) is 16.2. The number of nitrogens with one attached hydrogen (secondary N) is 2. The van der Waals surface area contributed by atoms with Crippen molar-refractivity contribution in [1.29, 1.82) is 0 Å². The molecule has 0 aromatic heterocycles. The molecule has 0 aliphatic heterocycles. The van der Waals surface area contributed by atoms with Gasteiger partial charge in [-0.15, -0.1) is 24.0 Å². The lowest BCUT2D eigenvalue weighted by atomic mass is 10.0. The summed E-state index contributed by atoms with van der Waals surface area (Å²) in [5, 5.41) is 9.24. The van der Waals surface area contributed by atoms with E-state index in [1.54, 1.807) is 7.11 Å². The molecule has 0 spiro atoms. The van der Waals surface area contributed by atoms with E-state index in [4.69, 9.17) is 4.74 Å². The highest BCUT2D eigenvalue weighted by Gasteiger charge is 2.01. The Labute approximate surface area is 155 Å². The minimum atomic E-state index is 0. The van der Waals surface area contributed by atoms with Crippen LogP contribution in [0.3, 0.4) is 0 Å². The summed E-state index contributed by atoms with van der Waals surface area (Å²) in [5.41, 5.74) is 1.36. The van der Waals surface area contributed by atoms with Crippen LogP contribution in [0.5, 0.6) is 0 Å². The zero-order chi connectivity index (χ0) is 15.6. The van der Waals surface area contributed by atoms with E-state index in [1.807, 2.05) is 0 Å². The molecule has 2 aromatic carbocycles. The fraction of sp³-hybridized carbons (Fsp3) is 0.389. The number of aliphatic imine (C=N–C) groups is 1. The van der Waals surface area contributed by atoms with Crippen LogP contribution < -0.4 is 10.6 Å². The van der Waals surface area contributed by atoms with Crippen molar-refractivity contribution in [3.63, 3.8) is 0 Å². The van der Waals surface area contributed by atoms with E-state index in [1.165, 1.54) is 16.3 Å². The molecule has 0 saturated heterocycles. The second kappa shape index (κ2) is 11.2. The fourth-order valence-electron chi connectivity index (χ4n) is 2.42. The van der Waals surface area contributed by atoms with Crippen LogP contribution in [0.25, 0.3) is 10.8 Å². The summed E-state index contributed by atoms with van der Waals surface area (Å²) < 4.78 is 5.03. The quantitative estimate of drug-likeness (QED) is 0.309. The molecule has 23 heavy (non-hydrogen) atoms. The van der Waals surface area contributed by atoms with E-state index >= 15 is 0 Å². The third kappa shape index (κ3) is 6.35. The van der Waals surface area contributed by atoms with Crippen molar-refractivity contribution in [3.8, 4) is 0 Å². The largest absolute Gasteiger partial charge is 0.383 e. The van der Waals surface area contributed by atoms with Gasteiger partial charge in [0.15, 0.2) is 5.96 Å². The lowest BCUT2D eigenvalue weighted by molar-refractivity contribution is 0.208. The first-order valence-corrected chi connectivity index (χ1v) is 7.83. The average Bonchev–Trinajstić information content (AvgIpc) is 2.55. The van der Waals surface area contributed by atoms with E-state index in [0.29, 0.717) is 13.2 Å². The SMILES string of the molecule is CCNC(=NCCOC)NCCc1cccc2ccccc12.I. The molecule has 2 aromatic rings. The van der Waals surface area contributed by atoms with Gasteiger partial charge < -0.3 is 15.4 Å². The molecule has 0 aliphatic rings. The van der Waals surface area contributed by atoms with Crippen LogP contribution in [0.1, 0.15) is 12.5 Å². The Balaban J connectivity index is 0.00000264. The first-order chi connectivity index (χ1) is 10.8. The molecule has 0 fully saturated rings. The minimum absolute atomic E-state index is 0. The van der Waals surface area contributed by atoms with Gasteiger partial charge in [0.2, 0.25) is 0 Å². The van der Waals surface area contributed by atoms with Crippen molar-refractivity contribution in [1.82, 2.24) is 10.6 Å². The van der Waals surface area contributed by atoms with Gasteiger partial charge in [0.1, 0.15) is 0 Å². The maximum absolute atomic E-state index is 5.03. The summed E-state index contributed by atoms with van der Waals surface area (Å²) in [6.07, 6.45) is 0.968. The molecule has 0 unspecified atom stereocenters. The Hall–Kier alpha value is -1.34. The summed E-state index contributed by atoms with van der Waals surface area (Å²) >= 11 is 0. The van der Waals surface area contributed by atoms with Crippen molar-refractivity contribution in [2.75, 3.05) is 33.4 Å². The molecule has 2 rings (SSSR count). The van der Waals surface area contributed by atoms with Gasteiger partial charge in [-0.05, 0) is 29.7 Å². The van der Waals surface area contributed by atoms with Gasteiger partial charge in [-0.3, -0.25) is 4.99 Å². The van der Waals surface area contributed by atoms with E-state index in [-0.39, 0.29) is 24.0 Å². The van der Waals surface area contributed by atoms with Crippen LogP contribution in [0.2, 0.25) is 0 Å². The molecule has 4 nitrogen and oxygen atoms in total. The second-order valence-corrected chi connectivity index (χ2v) is 5.07. The number of nitrogens with zero attached hydrogens (tertiary/aromatic N) is 1. The molecule has 0 heterocycles. The molecular weight excluding hydrogens is 401 g/mol. The van der Waals surface area contributed by atoms with Crippen LogP contribution in [-0.2, 0) is 11.2 Å². The highest BCUT2D eigenvalue weighted by Crippen LogP contribution is 2.18. The summed E-state index contributed by atoms with van der Waals surface area (Å²) in [5.74, 6) is 0.847. The summed E-state index contributed by atoms with van der Waals surface area (Å²) in [4.78, 5) is 4.47. The maximum atomic E-state index is 5.03. The third-order valence-corrected chi connectivity index (χ3v) is 3.48. The lowest BCUT2D eigenvalue weighted by Crippen LogP contribution is -2.38. The topological polar surface area (TPSA) is 45.7 Å². The van der Waals surface area contributed by atoms with Crippen LogP contribution in [0, 0.1) is 0 Å². The third-order valence-electron chi connectivity index (χ3n) is 3.48. The second-order valence-electron chi connectivity index (χ2n) is 5.07. The molecule has 5 heteroatoms. The van der Waals surface area contributed by atoms with Gasteiger partial charge in [0.25, 0.3) is 0 Å². The van der Waals surface area contributed by atoms with Crippen LogP contribution >= 0.6 is 24.0 Å². The van der Waals surface area contributed by atoms with E-state index in [9.17, 15) is 0 Å². The summed E-state index contributed by atoms with van der Waals surface area (Å²) in [7, 11) is 1.69. The first kappa shape index (κ1) is 19.7. The van der Waals surface area contributed by atoms with Gasteiger partial charge in [0.05, 0.1) is 13.2 Å². The average molecular weight is 427 g/mol. The standard InChI is InChI=1S/C18H25N3O.HI/c1-3-19-18(21-13-14-22-2)20-12-11-16-9-6-8-15-7-4-5-10-17(15)16;/h4-10H,3,11-14H2,1-2H3,(H2,19,20,21);1H. The smallest absolute Gasteiger partial charge is 0.191 e. The molecular formula is C18H26IN3O. The van der Waals surface area contributed by atoms with Crippen LogP contribution in [-0.4, -0.2) is 39.3 Å². The molecule has 2 N–H and O–H groups in total. The normalized spacial score (nSPS) is 11.1. The highest BCUT2D eigenvalue weighted by molar-refractivity contribution is 14.0. The summed E-state index contributed by atoms with van der Waals surface area (Å²) in [6.45, 7) is 5.08. The van der Waals surface area contributed by atoms with Crippen LogP contribution in [0.15, 0.2) is 47.5 Å².